The van der Waals surface area contributed by atoms with Gasteiger partial charge >= 0.3 is 0 Å². The number of ketones is 1. The summed E-state index contributed by atoms with van der Waals surface area (Å²) in [6, 6.07) is 9.76. The molecule has 1 nitrogen and oxygen atoms in total. The van der Waals surface area contributed by atoms with Crippen LogP contribution in [0.2, 0.25) is 0 Å². The van der Waals surface area contributed by atoms with E-state index in [1.807, 2.05) is 38.1 Å². The van der Waals surface area contributed by atoms with Crippen LogP contribution in [0.4, 0.5) is 0 Å². The number of benzene rings is 1. The molecule has 0 N–H and O–H groups in total. The number of halogens is 1. The minimum Gasteiger partial charge on any atom is -0.288 e. The maximum Gasteiger partial charge on any atom is 0.203 e. The number of hydrogen-bond acceptors (Lipinski definition) is 2. The molecule has 0 aliphatic rings. The number of thiophene rings is 1. The van der Waals surface area contributed by atoms with Gasteiger partial charge in [0.2, 0.25) is 5.78 Å². The summed E-state index contributed by atoms with van der Waals surface area (Å²) in [4.78, 5) is 14.2. The first kappa shape index (κ1) is 11.8. The predicted molar refractivity (Wildman–Crippen MR) is 76.4 cm³/mol. The van der Waals surface area contributed by atoms with E-state index in [2.05, 4.69) is 28.7 Å². The fourth-order valence-electron chi connectivity index (χ4n) is 1.60. The third-order valence-electron chi connectivity index (χ3n) is 2.35. The number of hydrogen-bond donors (Lipinski definition) is 0. The molecule has 0 unspecified atom stereocenters. The van der Waals surface area contributed by atoms with E-state index in [1.165, 1.54) is 4.88 Å². The minimum atomic E-state index is 0.131. The Bertz CT molecular complexity index is 525. The molecule has 0 fully saturated rings. The van der Waals surface area contributed by atoms with E-state index >= 15 is 0 Å². The molecule has 2 aromatic rings. The second-order valence-corrected chi connectivity index (χ2v) is 6.21. The van der Waals surface area contributed by atoms with Gasteiger partial charge in [0.25, 0.3) is 0 Å². The molecule has 2 rings (SSSR count). The van der Waals surface area contributed by atoms with Crippen LogP contribution in [0.15, 0.2) is 30.3 Å². The van der Waals surface area contributed by atoms with Gasteiger partial charge in [-0.05, 0) is 72.3 Å². The van der Waals surface area contributed by atoms with Gasteiger partial charge in [-0.1, -0.05) is 0 Å². The predicted octanol–water partition coefficient (Wildman–Crippen LogP) is 4.20. The lowest BCUT2D eigenvalue weighted by Crippen LogP contribution is -1.99. The molecule has 0 atom stereocenters. The van der Waals surface area contributed by atoms with Crippen LogP contribution in [0.5, 0.6) is 0 Å². The van der Waals surface area contributed by atoms with Crippen molar-refractivity contribution in [1.82, 2.24) is 0 Å². The summed E-state index contributed by atoms with van der Waals surface area (Å²) >= 11 is 3.81. The van der Waals surface area contributed by atoms with Crippen LogP contribution in [0.3, 0.4) is 0 Å². The highest BCUT2D eigenvalue weighted by atomic mass is 127. The highest BCUT2D eigenvalue weighted by molar-refractivity contribution is 14.1. The van der Waals surface area contributed by atoms with Crippen LogP contribution in [-0.4, -0.2) is 5.78 Å². The first-order chi connectivity index (χ1) is 7.58. The average Bonchev–Trinajstić information content (AvgIpc) is 2.58. The summed E-state index contributed by atoms with van der Waals surface area (Å²) in [6.45, 7) is 4.02. The summed E-state index contributed by atoms with van der Waals surface area (Å²) in [5.74, 6) is 0.131. The Hall–Kier alpha value is -0.680. The van der Waals surface area contributed by atoms with E-state index in [4.69, 9.17) is 0 Å². The zero-order valence-corrected chi connectivity index (χ0v) is 12.1. The van der Waals surface area contributed by atoms with Gasteiger partial charge < -0.3 is 0 Å². The van der Waals surface area contributed by atoms with Crippen molar-refractivity contribution >= 4 is 39.7 Å². The molecule has 0 aliphatic carbocycles. The van der Waals surface area contributed by atoms with Gasteiger partial charge in [-0.15, -0.1) is 11.3 Å². The summed E-state index contributed by atoms with van der Waals surface area (Å²) in [6.07, 6.45) is 0. The Kier molecular flexibility index (Phi) is 3.44. The SMILES string of the molecule is Cc1cc(C)c(C(=O)c2ccc(I)cc2)s1. The molecule has 16 heavy (non-hydrogen) atoms. The Morgan fingerprint density at radius 3 is 2.31 bits per heavy atom. The van der Waals surface area contributed by atoms with Crippen LogP contribution in [-0.2, 0) is 0 Å². The molecule has 1 heterocycles. The van der Waals surface area contributed by atoms with Gasteiger partial charge in [-0.2, -0.15) is 0 Å². The van der Waals surface area contributed by atoms with E-state index in [1.54, 1.807) is 11.3 Å². The van der Waals surface area contributed by atoms with E-state index < -0.39 is 0 Å². The maximum atomic E-state index is 12.2. The van der Waals surface area contributed by atoms with Crippen LogP contribution in [0.1, 0.15) is 25.7 Å². The quantitative estimate of drug-likeness (QED) is 0.591. The van der Waals surface area contributed by atoms with E-state index in [0.29, 0.717) is 0 Å². The molecule has 0 saturated carbocycles. The van der Waals surface area contributed by atoms with Crippen molar-refractivity contribution in [3.63, 3.8) is 0 Å². The minimum absolute atomic E-state index is 0.131. The second kappa shape index (κ2) is 4.67. The summed E-state index contributed by atoms with van der Waals surface area (Å²) in [5, 5.41) is 0. The number of carbonyl (C=O) groups excluding carboxylic acids is 1. The third-order valence-corrected chi connectivity index (χ3v) is 4.22. The van der Waals surface area contributed by atoms with Gasteiger partial charge in [0.05, 0.1) is 4.88 Å². The molecule has 0 aliphatic heterocycles. The molecule has 0 bridgehead atoms. The first-order valence-electron chi connectivity index (χ1n) is 4.95. The van der Waals surface area contributed by atoms with Crippen molar-refractivity contribution in [2.75, 3.05) is 0 Å². The largest absolute Gasteiger partial charge is 0.288 e. The lowest BCUT2D eigenvalue weighted by atomic mass is 10.1. The molecular formula is C13H11IOS. The van der Waals surface area contributed by atoms with E-state index in [-0.39, 0.29) is 5.78 Å². The molecule has 0 saturated heterocycles. The molecule has 0 spiro atoms. The Morgan fingerprint density at radius 2 is 1.81 bits per heavy atom. The number of rotatable bonds is 2. The Morgan fingerprint density at radius 1 is 1.19 bits per heavy atom. The van der Waals surface area contributed by atoms with Crippen LogP contribution in [0.25, 0.3) is 0 Å². The highest BCUT2D eigenvalue weighted by Crippen LogP contribution is 2.24. The standard InChI is InChI=1S/C13H11IOS/c1-8-7-9(2)16-13(8)12(15)10-3-5-11(14)6-4-10/h3-7H,1-2H3. The van der Waals surface area contributed by atoms with Crippen LogP contribution in [0, 0.1) is 17.4 Å². The Balaban J connectivity index is 2.39. The smallest absolute Gasteiger partial charge is 0.203 e. The molecular weight excluding hydrogens is 331 g/mol. The molecule has 0 amide bonds. The summed E-state index contributed by atoms with van der Waals surface area (Å²) in [5.41, 5.74) is 1.84. The van der Waals surface area contributed by atoms with E-state index in [0.717, 1.165) is 19.6 Å². The highest BCUT2D eigenvalue weighted by Gasteiger charge is 2.14. The summed E-state index contributed by atoms with van der Waals surface area (Å²) < 4.78 is 1.15. The number of aryl methyl sites for hydroxylation is 2. The zero-order valence-electron chi connectivity index (χ0n) is 9.08. The molecule has 0 radical (unpaired) electrons. The van der Waals surface area contributed by atoms with Gasteiger partial charge in [-0.25, -0.2) is 0 Å². The lowest BCUT2D eigenvalue weighted by molar-refractivity contribution is 0.104. The van der Waals surface area contributed by atoms with Crippen molar-refractivity contribution < 1.29 is 4.79 Å². The molecule has 3 heteroatoms. The van der Waals surface area contributed by atoms with Crippen LogP contribution >= 0.6 is 33.9 Å². The van der Waals surface area contributed by atoms with Gasteiger partial charge in [0.1, 0.15) is 0 Å². The maximum absolute atomic E-state index is 12.2. The van der Waals surface area contributed by atoms with Gasteiger partial charge in [0, 0.05) is 14.0 Å². The average molecular weight is 342 g/mol. The van der Waals surface area contributed by atoms with Crippen molar-refractivity contribution in [1.29, 1.82) is 0 Å². The normalized spacial score (nSPS) is 10.4. The molecule has 1 aromatic heterocycles. The van der Waals surface area contributed by atoms with Gasteiger partial charge in [0.15, 0.2) is 0 Å². The van der Waals surface area contributed by atoms with E-state index in [9.17, 15) is 4.79 Å². The van der Waals surface area contributed by atoms with Crippen molar-refractivity contribution in [2.24, 2.45) is 0 Å². The van der Waals surface area contributed by atoms with Gasteiger partial charge in [-0.3, -0.25) is 4.79 Å². The number of carbonyl (C=O) groups is 1. The Labute approximate surface area is 113 Å². The third kappa shape index (κ3) is 2.35. The first-order valence-corrected chi connectivity index (χ1v) is 6.85. The second-order valence-electron chi connectivity index (χ2n) is 3.71. The van der Waals surface area contributed by atoms with Crippen LogP contribution < -0.4 is 0 Å². The monoisotopic (exact) mass is 342 g/mol. The topological polar surface area (TPSA) is 17.1 Å². The molecule has 1 aromatic carbocycles. The van der Waals surface area contributed by atoms with Crippen molar-refractivity contribution in [3.8, 4) is 0 Å². The van der Waals surface area contributed by atoms with Crippen molar-refractivity contribution in [3.05, 3.63) is 54.8 Å². The summed E-state index contributed by atoms with van der Waals surface area (Å²) in [7, 11) is 0. The molecule has 82 valence electrons. The fourth-order valence-corrected chi connectivity index (χ4v) is 2.95. The van der Waals surface area contributed by atoms with Crippen molar-refractivity contribution in [2.45, 2.75) is 13.8 Å². The zero-order chi connectivity index (χ0) is 11.7. The lowest BCUT2D eigenvalue weighted by Gasteiger charge is -1.99. The fraction of sp³-hybridized carbons (Fsp3) is 0.154.